The minimum Gasteiger partial charge on any atom is -0.322 e. The Morgan fingerprint density at radius 1 is 1.20 bits per heavy atom. The minimum atomic E-state index is -0.883. The Labute approximate surface area is 123 Å². The van der Waals surface area contributed by atoms with Gasteiger partial charge in [-0.25, -0.2) is 8.78 Å². The van der Waals surface area contributed by atoms with E-state index in [0.29, 0.717) is 11.8 Å². The Morgan fingerprint density at radius 3 is 2.55 bits per heavy atom. The summed E-state index contributed by atoms with van der Waals surface area (Å²) in [6, 6.07) is 10.1. The Bertz CT molecular complexity index is 644. The van der Waals surface area contributed by atoms with Gasteiger partial charge in [0.25, 0.3) is 5.91 Å². The predicted molar refractivity (Wildman–Crippen MR) is 78.1 cm³/mol. The van der Waals surface area contributed by atoms with Crippen molar-refractivity contribution in [2.75, 3.05) is 5.32 Å². The molecule has 1 unspecified atom stereocenters. The van der Waals surface area contributed by atoms with Crippen molar-refractivity contribution in [3.63, 3.8) is 0 Å². The maximum Gasteiger partial charge on any atom is 0.258 e. The maximum atomic E-state index is 13.6. The van der Waals surface area contributed by atoms with Crippen molar-refractivity contribution in [2.24, 2.45) is 0 Å². The van der Waals surface area contributed by atoms with Crippen LogP contribution in [0, 0.1) is 11.6 Å². The van der Waals surface area contributed by atoms with Crippen LogP contribution in [-0.4, -0.2) is 5.91 Å². The second-order valence-corrected chi connectivity index (χ2v) is 5.66. The molecule has 1 amide bonds. The highest BCUT2D eigenvalue weighted by atomic mass is 79.9. The third-order valence-corrected chi connectivity index (χ3v) is 3.31. The van der Waals surface area contributed by atoms with Gasteiger partial charge < -0.3 is 5.32 Å². The molecule has 1 atom stereocenters. The SMILES string of the molecule is CC(Br)c1ccccc1NC(=O)c1ccc(F)cc1F. The van der Waals surface area contributed by atoms with Gasteiger partial charge in [-0.1, -0.05) is 34.1 Å². The molecule has 0 spiro atoms. The molecule has 2 aromatic rings. The first kappa shape index (κ1) is 14.7. The standard InChI is InChI=1S/C15H12BrF2NO/c1-9(16)11-4-2-3-5-14(11)19-15(20)12-7-6-10(17)8-13(12)18/h2-9H,1H3,(H,19,20). The summed E-state index contributed by atoms with van der Waals surface area (Å²) in [6.07, 6.45) is 0. The summed E-state index contributed by atoms with van der Waals surface area (Å²) < 4.78 is 26.4. The highest BCUT2D eigenvalue weighted by Gasteiger charge is 2.15. The van der Waals surface area contributed by atoms with Crippen molar-refractivity contribution in [3.05, 3.63) is 65.2 Å². The number of nitrogens with one attached hydrogen (secondary N) is 1. The fourth-order valence-corrected chi connectivity index (χ4v) is 2.22. The van der Waals surface area contributed by atoms with E-state index in [-0.39, 0.29) is 10.4 Å². The van der Waals surface area contributed by atoms with Crippen LogP contribution in [0.3, 0.4) is 0 Å². The molecule has 2 nitrogen and oxygen atoms in total. The van der Waals surface area contributed by atoms with Gasteiger partial charge in [-0.15, -0.1) is 0 Å². The number of carbonyl (C=O) groups is 1. The van der Waals surface area contributed by atoms with Crippen LogP contribution >= 0.6 is 15.9 Å². The highest BCUT2D eigenvalue weighted by molar-refractivity contribution is 9.09. The highest BCUT2D eigenvalue weighted by Crippen LogP contribution is 2.29. The summed E-state index contributed by atoms with van der Waals surface area (Å²) in [5, 5.41) is 2.64. The predicted octanol–water partition coefficient (Wildman–Crippen LogP) is 4.67. The first-order chi connectivity index (χ1) is 9.49. The molecular formula is C15H12BrF2NO. The molecule has 0 aliphatic rings. The fraction of sp³-hybridized carbons (Fsp3) is 0.133. The Hall–Kier alpha value is -1.75. The van der Waals surface area contributed by atoms with Gasteiger partial charge in [-0.05, 0) is 30.7 Å². The van der Waals surface area contributed by atoms with E-state index in [9.17, 15) is 13.6 Å². The first-order valence-electron chi connectivity index (χ1n) is 5.98. The second-order valence-electron chi connectivity index (χ2n) is 4.28. The lowest BCUT2D eigenvalue weighted by Gasteiger charge is -2.13. The van der Waals surface area contributed by atoms with E-state index in [0.717, 1.165) is 17.7 Å². The van der Waals surface area contributed by atoms with Gasteiger partial charge in [0, 0.05) is 16.6 Å². The lowest BCUT2D eigenvalue weighted by Crippen LogP contribution is -2.15. The molecule has 1 N–H and O–H groups in total. The van der Waals surface area contributed by atoms with Crippen LogP contribution in [0.4, 0.5) is 14.5 Å². The first-order valence-corrected chi connectivity index (χ1v) is 6.90. The zero-order valence-corrected chi connectivity index (χ0v) is 12.2. The number of halogens is 3. The van der Waals surface area contributed by atoms with Crippen molar-refractivity contribution in [2.45, 2.75) is 11.8 Å². The van der Waals surface area contributed by atoms with Gasteiger partial charge in [0.15, 0.2) is 0 Å². The van der Waals surface area contributed by atoms with E-state index in [1.54, 1.807) is 12.1 Å². The van der Waals surface area contributed by atoms with Crippen molar-refractivity contribution in [1.29, 1.82) is 0 Å². The summed E-state index contributed by atoms with van der Waals surface area (Å²) in [6.45, 7) is 1.92. The van der Waals surface area contributed by atoms with Crippen LogP contribution in [-0.2, 0) is 0 Å². The monoisotopic (exact) mass is 339 g/mol. The normalized spacial score (nSPS) is 12.0. The minimum absolute atomic E-state index is 0.0389. The Morgan fingerprint density at radius 2 is 1.90 bits per heavy atom. The molecule has 0 saturated carbocycles. The van der Waals surface area contributed by atoms with E-state index >= 15 is 0 Å². The molecule has 0 aromatic heterocycles. The Balaban J connectivity index is 2.28. The second kappa shape index (κ2) is 6.13. The summed E-state index contributed by atoms with van der Waals surface area (Å²) in [5.74, 6) is -2.21. The topological polar surface area (TPSA) is 29.1 Å². The molecule has 0 bridgehead atoms. The van der Waals surface area contributed by atoms with Crippen LogP contribution in [0.2, 0.25) is 0 Å². The number of rotatable bonds is 3. The Kier molecular flexibility index (Phi) is 4.49. The van der Waals surface area contributed by atoms with Crippen LogP contribution in [0.5, 0.6) is 0 Å². The van der Waals surface area contributed by atoms with Crippen LogP contribution < -0.4 is 5.32 Å². The van der Waals surface area contributed by atoms with Crippen molar-refractivity contribution < 1.29 is 13.6 Å². The number of hydrogen-bond acceptors (Lipinski definition) is 1. The lowest BCUT2D eigenvalue weighted by molar-refractivity contribution is 0.102. The molecule has 2 aromatic carbocycles. The number of para-hydroxylation sites is 1. The van der Waals surface area contributed by atoms with E-state index < -0.39 is 17.5 Å². The molecule has 2 rings (SSSR count). The third-order valence-electron chi connectivity index (χ3n) is 2.81. The zero-order valence-electron chi connectivity index (χ0n) is 10.7. The van der Waals surface area contributed by atoms with E-state index in [2.05, 4.69) is 21.2 Å². The summed E-state index contributed by atoms with van der Waals surface area (Å²) in [5.41, 5.74) is 1.28. The number of amides is 1. The number of anilines is 1. The zero-order chi connectivity index (χ0) is 14.7. The molecule has 0 saturated heterocycles. The summed E-state index contributed by atoms with van der Waals surface area (Å²) in [7, 11) is 0. The number of hydrogen-bond donors (Lipinski definition) is 1. The van der Waals surface area contributed by atoms with E-state index in [1.807, 2.05) is 19.1 Å². The van der Waals surface area contributed by atoms with Gasteiger partial charge in [-0.3, -0.25) is 4.79 Å². The molecule has 104 valence electrons. The molecule has 5 heteroatoms. The largest absolute Gasteiger partial charge is 0.322 e. The average molecular weight is 340 g/mol. The molecule has 0 heterocycles. The summed E-state index contributed by atoms with van der Waals surface area (Å²) >= 11 is 3.43. The molecule has 0 aliphatic carbocycles. The van der Waals surface area contributed by atoms with Crippen LogP contribution in [0.1, 0.15) is 27.7 Å². The smallest absolute Gasteiger partial charge is 0.258 e. The van der Waals surface area contributed by atoms with Gasteiger partial charge in [-0.2, -0.15) is 0 Å². The molecule has 0 radical (unpaired) electrons. The molecule has 0 aliphatic heterocycles. The molecular weight excluding hydrogens is 328 g/mol. The number of carbonyl (C=O) groups excluding carboxylic acids is 1. The third kappa shape index (κ3) is 3.22. The lowest BCUT2D eigenvalue weighted by atomic mass is 10.1. The van der Waals surface area contributed by atoms with E-state index in [4.69, 9.17) is 0 Å². The van der Waals surface area contributed by atoms with Gasteiger partial charge in [0.05, 0.1) is 5.56 Å². The van der Waals surface area contributed by atoms with Gasteiger partial charge in [0.2, 0.25) is 0 Å². The summed E-state index contributed by atoms with van der Waals surface area (Å²) in [4.78, 5) is 12.1. The maximum absolute atomic E-state index is 13.6. The van der Waals surface area contributed by atoms with Crippen molar-refractivity contribution in [1.82, 2.24) is 0 Å². The molecule has 0 fully saturated rings. The van der Waals surface area contributed by atoms with Crippen molar-refractivity contribution in [3.8, 4) is 0 Å². The van der Waals surface area contributed by atoms with Gasteiger partial charge >= 0.3 is 0 Å². The van der Waals surface area contributed by atoms with Crippen LogP contribution in [0.25, 0.3) is 0 Å². The van der Waals surface area contributed by atoms with Crippen LogP contribution in [0.15, 0.2) is 42.5 Å². The quantitative estimate of drug-likeness (QED) is 0.808. The fourth-order valence-electron chi connectivity index (χ4n) is 1.82. The number of alkyl halides is 1. The van der Waals surface area contributed by atoms with Crippen molar-refractivity contribution >= 4 is 27.5 Å². The van der Waals surface area contributed by atoms with E-state index in [1.165, 1.54) is 0 Å². The van der Waals surface area contributed by atoms with Gasteiger partial charge in [0.1, 0.15) is 11.6 Å². The number of benzene rings is 2. The average Bonchev–Trinajstić information content (AvgIpc) is 2.38. The molecule has 20 heavy (non-hydrogen) atoms.